The van der Waals surface area contributed by atoms with Crippen LogP contribution in [0.4, 0.5) is 23.8 Å². The largest absolute Gasteiger partial charge is 0.465 e. The molecular weight excluding hydrogens is 599 g/mol. The van der Waals surface area contributed by atoms with Gasteiger partial charge < -0.3 is 19.6 Å². The van der Waals surface area contributed by atoms with Gasteiger partial charge in [0, 0.05) is 43.3 Å². The maximum Gasteiger partial charge on any atom is 0.407 e. The maximum absolute atomic E-state index is 16.5. The summed E-state index contributed by atoms with van der Waals surface area (Å²) in [5.74, 6) is -1.26. The Morgan fingerprint density at radius 1 is 1.20 bits per heavy atom. The third kappa shape index (κ3) is 5.28. The minimum absolute atomic E-state index is 0.0593. The van der Waals surface area contributed by atoms with E-state index in [4.69, 9.17) is 16.3 Å². The number of likely N-dealkylation sites (tertiary alicyclic amines) is 1. The minimum Gasteiger partial charge on any atom is -0.465 e. The molecule has 44 heavy (non-hydrogen) atoms. The fourth-order valence-corrected chi connectivity index (χ4v) is 6.23. The first kappa shape index (κ1) is 29.7. The van der Waals surface area contributed by atoms with Crippen LogP contribution in [0.2, 0.25) is 5.02 Å². The lowest BCUT2D eigenvalue weighted by atomic mass is 10.0. The van der Waals surface area contributed by atoms with Crippen molar-refractivity contribution in [3.63, 3.8) is 0 Å². The van der Waals surface area contributed by atoms with Crippen molar-refractivity contribution < 1.29 is 27.8 Å². The predicted octanol–water partition coefficient (Wildman–Crippen LogP) is 5.28. The van der Waals surface area contributed by atoms with Crippen molar-refractivity contribution in [1.82, 2.24) is 24.8 Å². The van der Waals surface area contributed by atoms with Gasteiger partial charge in [-0.05, 0) is 24.9 Å². The van der Waals surface area contributed by atoms with E-state index in [0.29, 0.717) is 18.4 Å². The molecule has 1 N–H and O–H groups in total. The van der Waals surface area contributed by atoms with Crippen LogP contribution in [0.15, 0.2) is 36.5 Å². The van der Waals surface area contributed by atoms with Gasteiger partial charge in [-0.3, -0.25) is 9.88 Å². The number of anilines is 1. The molecule has 2 aliphatic rings. The van der Waals surface area contributed by atoms with Crippen molar-refractivity contribution in [1.29, 1.82) is 5.26 Å². The van der Waals surface area contributed by atoms with E-state index >= 15 is 4.39 Å². The number of piperazine rings is 1. The monoisotopic (exact) mass is 625 g/mol. The number of carbonyl (C=O) groups is 1. The van der Waals surface area contributed by atoms with Crippen LogP contribution in [0.5, 0.6) is 6.01 Å². The molecule has 3 atom stereocenters. The second-order valence-electron chi connectivity index (χ2n) is 10.9. The summed E-state index contributed by atoms with van der Waals surface area (Å²) in [6, 6.07) is 8.38. The van der Waals surface area contributed by atoms with E-state index in [1.807, 2.05) is 11.0 Å². The van der Waals surface area contributed by atoms with Crippen LogP contribution in [0.3, 0.4) is 0 Å². The lowest BCUT2D eigenvalue weighted by molar-refractivity contribution is 0.119. The molecular formula is C30H27ClF3N7O3. The number of amides is 1. The van der Waals surface area contributed by atoms with Crippen molar-refractivity contribution in [2.75, 3.05) is 44.7 Å². The van der Waals surface area contributed by atoms with Gasteiger partial charge in [-0.1, -0.05) is 35.9 Å². The zero-order valence-electron chi connectivity index (χ0n) is 23.6. The van der Waals surface area contributed by atoms with Crippen molar-refractivity contribution >= 4 is 45.2 Å². The topological polar surface area (TPSA) is 119 Å². The maximum atomic E-state index is 16.5. The summed E-state index contributed by atoms with van der Waals surface area (Å²) in [5, 5.41) is 19.9. The Hall–Kier alpha value is -4.41. The van der Waals surface area contributed by atoms with Crippen molar-refractivity contribution in [3.8, 4) is 23.3 Å². The van der Waals surface area contributed by atoms with E-state index in [0.717, 1.165) is 0 Å². The number of hydrogen-bond donors (Lipinski definition) is 1. The number of halogens is 4. The number of likely N-dealkylation sites (N-methyl/N-ethyl adjacent to an activating group) is 1. The molecule has 2 aromatic heterocycles. The van der Waals surface area contributed by atoms with E-state index in [9.17, 15) is 23.9 Å². The molecule has 0 bridgehead atoms. The minimum atomic E-state index is -1.15. The summed E-state index contributed by atoms with van der Waals surface area (Å²) in [6.07, 6.45) is -0.564. The zero-order valence-corrected chi connectivity index (χ0v) is 24.3. The highest BCUT2D eigenvalue weighted by Crippen LogP contribution is 2.38. The molecule has 6 rings (SSSR count). The van der Waals surface area contributed by atoms with E-state index in [-0.39, 0.29) is 77.1 Å². The van der Waals surface area contributed by atoms with Crippen LogP contribution in [0, 0.1) is 23.0 Å². The molecule has 2 aromatic carbocycles. The molecule has 4 aromatic rings. The van der Waals surface area contributed by atoms with Crippen LogP contribution >= 0.6 is 11.6 Å². The van der Waals surface area contributed by atoms with Crippen molar-refractivity contribution in [2.24, 2.45) is 0 Å². The number of hydrogen-bond acceptors (Lipinski definition) is 8. The Morgan fingerprint density at radius 3 is 2.75 bits per heavy atom. The van der Waals surface area contributed by atoms with Gasteiger partial charge in [0.15, 0.2) is 5.82 Å². The molecule has 0 spiro atoms. The zero-order chi connectivity index (χ0) is 31.1. The summed E-state index contributed by atoms with van der Waals surface area (Å²) < 4.78 is 51.4. The summed E-state index contributed by atoms with van der Waals surface area (Å²) in [6.45, 7) is 0.854. The number of alkyl halides is 1. The predicted molar refractivity (Wildman–Crippen MR) is 158 cm³/mol. The molecule has 0 aliphatic carbocycles. The number of aromatic nitrogens is 3. The molecule has 10 nitrogen and oxygen atoms in total. The number of ether oxygens (including phenoxy) is 1. The van der Waals surface area contributed by atoms with E-state index in [2.05, 4.69) is 15.0 Å². The number of carboxylic acid groups (broad SMARTS) is 1. The number of nitrogens with zero attached hydrogens (tertiary/aromatic N) is 7. The highest BCUT2D eigenvalue weighted by molar-refractivity contribution is 6.36. The SMILES string of the molecule is CN1CC[C@H](F)[C@@H]1COc1nc(N2CCN(C(=O)O)[C@@H](CC#N)C2)c2cnc(-c3cccc4ccc(F)c(Cl)c34)c(F)c2n1. The smallest absolute Gasteiger partial charge is 0.407 e. The first-order chi connectivity index (χ1) is 21.2. The fraction of sp³-hybridized carbons (Fsp3) is 0.367. The van der Waals surface area contributed by atoms with Crippen LogP contribution < -0.4 is 9.64 Å². The van der Waals surface area contributed by atoms with Gasteiger partial charge in [-0.15, -0.1) is 0 Å². The number of benzene rings is 2. The third-order valence-corrected chi connectivity index (χ3v) is 8.68. The summed E-state index contributed by atoms with van der Waals surface area (Å²) in [7, 11) is 1.79. The van der Waals surface area contributed by atoms with Crippen LogP contribution in [-0.4, -0.2) is 94.0 Å². The van der Waals surface area contributed by atoms with Gasteiger partial charge in [0.2, 0.25) is 0 Å². The lowest BCUT2D eigenvalue weighted by Gasteiger charge is -2.39. The summed E-state index contributed by atoms with van der Waals surface area (Å²) >= 11 is 6.32. The van der Waals surface area contributed by atoms with Crippen molar-refractivity contribution in [3.05, 3.63) is 53.2 Å². The highest BCUT2D eigenvalue weighted by atomic mass is 35.5. The Labute approximate surface area is 255 Å². The van der Waals surface area contributed by atoms with E-state index in [1.54, 1.807) is 30.1 Å². The van der Waals surface area contributed by atoms with Crippen LogP contribution in [-0.2, 0) is 0 Å². The second-order valence-corrected chi connectivity index (χ2v) is 11.3. The molecule has 0 radical (unpaired) electrons. The highest BCUT2D eigenvalue weighted by Gasteiger charge is 2.34. The van der Waals surface area contributed by atoms with Crippen molar-refractivity contribution in [2.45, 2.75) is 31.1 Å². The van der Waals surface area contributed by atoms with E-state index in [1.165, 1.54) is 23.2 Å². The van der Waals surface area contributed by atoms with Gasteiger partial charge >= 0.3 is 12.1 Å². The van der Waals surface area contributed by atoms with Gasteiger partial charge in [-0.2, -0.15) is 15.2 Å². The molecule has 4 heterocycles. The second kappa shape index (κ2) is 11.9. The van der Waals surface area contributed by atoms with E-state index < -0.39 is 36.0 Å². The Morgan fingerprint density at radius 2 is 2.02 bits per heavy atom. The molecule has 2 aliphatic heterocycles. The Kier molecular flexibility index (Phi) is 8.04. The Balaban J connectivity index is 1.48. The average molecular weight is 626 g/mol. The molecule has 14 heteroatoms. The molecule has 2 saturated heterocycles. The standard InChI is InChI=1S/C30H27ClF3N7O3/c1-39-10-8-20(32)22(39)15-44-29-37-27-19(28(38-29)40-11-12-41(30(42)43)17(14-40)7-9-35)13-36-26(25(27)34)18-4-2-3-16-5-6-21(33)24(31)23(16)18/h2-6,13,17,20,22H,7-8,10-12,14-15H2,1H3,(H,42,43)/t17-,20-,22-/m0/s1. The third-order valence-electron chi connectivity index (χ3n) is 8.31. The molecule has 1 amide bonds. The first-order valence-electron chi connectivity index (χ1n) is 14.0. The van der Waals surface area contributed by atoms with Gasteiger partial charge in [0.05, 0.1) is 35.0 Å². The molecule has 2 fully saturated rings. The average Bonchev–Trinajstić information content (AvgIpc) is 3.34. The number of pyridine rings is 1. The van der Waals surface area contributed by atoms with Crippen LogP contribution in [0.1, 0.15) is 12.8 Å². The summed E-state index contributed by atoms with van der Waals surface area (Å²) in [4.78, 5) is 29.9. The van der Waals surface area contributed by atoms with Gasteiger partial charge in [0.1, 0.15) is 35.6 Å². The number of fused-ring (bicyclic) bond motifs is 2. The molecule has 228 valence electrons. The van der Waals surface area contributed by atoms with Gasteiger partial charge in [0.25, 0.3) is 0 Å². The Bertz CT molecular complexity index is 1800. The number of rotatable bonds is 6. The van der Waals surface area contributed by atoms with Gasteiger partial charge in [-0.25, -0.2) is 18.0 Å². The molecule has 0 unspecified atom stereocenters. The number of nitriles is 1. The normalized spacial score (nSPS) is 20.8. The first-order valence-corrected chi connectivity index (χ1v) is 14.4. The van der Waals surface area contributed by atoms with Crippen LogP contribution in [0.25, 0.3) is 32.9 Å². The fourth-order valence-electron chi connectivity index (χ4n) is 5.95. The lowest BCUT2D eigenvalue weighted by Crippen LogP contribution is -2.55. The molecule has 0 saturated carbocycles. The summed E-state index contributed by atoms with van der Waals surface area (Å²) in [5.41, 5.74) is -0.0109. The quantitative estimate of drug-likeness (QED) is 0.305.